The van der Waals surface area contributed by atoms with Crippen LogP contribution in [0, 0.1) is 6.92 Å². The standard InChI is InChI=1S/C11H16N4O2/c1-7-3-2-4-8(12)10(7)11(17)9(16)5-6-14-15-13/h2-4,9,11,16-17H,5-6,12H2,1H3. The first-order valence-electron chi connectivity index (χ1n) is 5.30. The third kappa shape index (κ3) is 3.35. The molecule has 0 amide bonds. The van der Waals surface area contributed by atoms with Gasteiger partial charge in [-0.2, -0.15) is 0 Å². The number of rotatable bonds is 5. The first kappa shape index (κ1) is 13.3. The van der Waals surface area contributed by atoms with E-state index < -0.39 is 12.2 Å². The van der Waals surface area contributed by atoms with Crippen LogP contribution in [0.15, 0.2) is 23.3 Å². The molecule has 0 aromatic heterocycles. The van der Waals surface area contributed by atoms with Crippen molar-refractivity contribution in [3.63, 3.8) is 0 Å². The number of hydrogen-bond acceptors (Lipinski definition) is 4. The van der Waals surface area contributed by atoms with Gasteiger partial charge in [-0.05, 0) is 30.5 Å². The van der Waals surface area contributed by atoms with E-state index in [2.05, 4.69) is 10.0 Å². The summed E-state index contributed by atoms with van der Waals surface area (Å²) in [5.74, 6) is 0. The summed E-state index contributed by atoms with van der Waals surface area (Å²) >= 11 is 0. The molecule has 0 fully saturated rings. The largest absolute Gasteiger partial charge is 0.398 e. The average Bonchev–Trinajstić information content (AvgIpc) is 2.28. The van der Waals surface area contributed by atoms with E-state index in [0.717, 1.165) is 5.56 Å². The lowest BCUT2D eigenvalue weighted by molar-refractivity contribution is 0.0151. The number of anilines is 1. The van der Waals surface area contributed by atoms with Gasteiger partial charge in [0, 0.05) is 22.7 Å². The van der Waals surface area contributed by atoms with E-state index in [1.165, 1.54) is 0 Å². The lowest BCUT2D eigenvalue weighted by Gasteiger charge is -2.20. The molecule has 0 aliphatic heterocycles. The van der Waals surface area contributed by atoms with Crippen LogP contribution < -0.4 is 5.73 Å². The number of aliphatic hydroxyl groups excluding tert-OH is 2. The van der Waals surface area contributed by atoms with Crippen LogP contribution in [0.1, 0.15) is 23.7 Å². The summed E-state index contributed by atoms with van der Waals surface area (Å²) in [5.41, 5.74) is 15.7. The summed E-state index contributed by atoms with van der Waals surface area (Å²) in [6, 6.07) is 5.27. The van der Waals surface area contributed by atoms with Gasteiger partial charge >= 0.3 is 0 Å². The zero-order chi connectivity index (χ0) is 12.8. The Kier molecular flexibility index (Phi) is 4.78. The predicted octanol–water partition coefficient (Wildman–Crippen LogP) is 1.67. The fraction of sp³-hybridized carbons (Fsp3) is 0.455. The molecule has 1 aromatic carbocycles. The van der Waals surface area contributed by atoms with Gasteiger partial charge < -0.3 is 15.9 Å². The Morgan fingerprint density at radius 3 is 2.76 bits per heavy atom. The lowest BCUT2D eigenvalue weighted by Crippen LogP contribution is -2.21. The molecule has 2 unspecified atom stereocenters. The molecule has 0 aliphatic carbocycles. The Morgan fingerprint density at radius 1 is 1.47 bits per heavy atom. The van der Waals surface area contributed by atoms with Crippen LogP contribution in [0.25, 0.3) is 10.4 Å². The highest BCUT2D eigenvalue weighted by atomic mass is 16.3. The second kappa shape index (κ2) is 6.10. The normalized spacial score (nSPS) is 13.8. The van der Waals surface area contributed by atoms with Crippen LogP contribution in [-0.4, -0.2) is 22.9 Å². The van der Waals surface area contributed by atoms with Gasteiger partial charge in [0.1, 0.15) is 6.10 Å². The fourth-order valence-corrected chi connectivity index (χ4v) is 1.69. The third-order valence-corrected chi connectivity index (χ3v) is 2.61. The van der Waals surface area contributed by atoms with Crippen molar-refractivity contribution in [3.05, 3.63) is 39.8 Å². The maximum Gasteiger partial charge on any atom is 0.107 e. The number of aryl methyl sites for hydroxylation is 1. The molecule has 0 radical (unpaired) electrons. The summed E-state index contributed by atoms with van der Waals surface area (Å²) in [6.45, 7) is 1.95. The van der Waals surface area contributed by atoms with E-state index in [4.69, 9.17) is 11.3 Å². The lowest BCUT2D eigenvalue weighted by atomic mass is 9.96. The molecule has 17 heavy (non-hydrogen) atoms. The van der Waals surface area contributed by atoms with Crippen molar-refractivity contribution in [2.45, 2.75) is 25.6 Å². The minimum Gasteiger partial charge on any atom is -0.398 e. The van der Waals surface area contributed by atoms with Crippen LogP contribution in [0.4, 0.5) is 5.69 Å². The predicted molar refractivity (Wildman–Crippen MR) is 65.2 cm³/mol. The van der Waals surface area contributed by atoms with Crippen LogP contribution in [0.3, 0.4) is 0 Å². The Balaban J connectivity index is 2.81. The summed E-state index contributed by atoms with van der Waals surface area (Å²) in [7, 11) is 0. The monoisotopic (exact) mass is 236 g/mol. The minimum atomic E-state index is -1.06. The molecule has 0 saturated carbocycles. The minimum absolute atomic E-state index is 0.139. The molecule has 92 valence electrons. The van der Waals surface area contributed by atoms with Gasteiger partial charge in [0.15, 0.2) is 0 Å². The molecule has 6 heteroatoms. The molecular weight excluding hydrogens is 220 g/mol. The van der Waals surface area contributed by atoms with E-state index in [1.807, 2.05) is 13.0 Å². The number of azide groups is 1. The Labute approximate surface area is 99.3 Å². The molecule has 0 bridgehead atoms. The maximum absolute atomic E-state index is 9.99. The zero-order valence-electron chi connectivity index (χ0n) is 9.61. The molecule has 0 spiro atoms. The highest BCUT2D eigenvalue weighted by Crippen LogP contribution is 2.27. The van der Waals surface area contributed by atoms with Gasteiger partial charge in [-0.3, -0.25) is 0 Å². The van der Waals surface area contributed by atoms with E-state index >= 15 is 0 Å². The summed E-state index contributed by atoms with van der Waals surface area (Å²) in [5, 5.41) is 23.1. The summed E-state index contributed by atoms with van der Waals surface area (Å²) in [6.07, 6.45) is -1.87. The van der Waals surface area contributed by atoms with Crippen molar-refractivity contribution < 1.29 is 10.2 Å². The van der Waals surface area contributed by atoms with Crippen LogP contribution >= 0.6 is 0 Å². The topological polar surface area (TPSA) is 115 Å². The first-order chi connectivity index (χ1) is 8.07. The van der Waals surface area contributed by atoms with Gasteiger partial charge in [-0.1, -0.05) is 17.2 Å². The zero-order valence-corrected chi connectivity index (χ0v) is 9.61. The molecule has 4 N–H and O–H groups in total. The smallest absolute Gasteiger partial charge is 0.107 e. The quantitative estimate of drug-likeness (QED) is 0.312. The number of aliphatic hydroxyl groups is 2. The number of nitrogens with two attached hydrogens (primary N) is 1. The molecule has 1 aromatic rings. The number of nitrogen functional groups attached to an aromatic ring is 1. The van der Waals surface area contributed by atoms with Crippen LogP contribution in [0.5, 0.6) is 0 Å². The molecule has 0 aliphatic rings. The van der Waals surface area contributed by atoms with Crippen molar-refractivity contribution in [1.29, 1.82) is 0 Å². The Bertz CT molecular complexity index is 409. The molecule has 0 saturated heterocycles. The van der Waals surface area contributed by atoms with E-state index in [0.29, 0.717) is 11.3 Å². The van der Waals surface area contributed by atoms with Gasteiger partial charge in [0.2, 0.25) is 0 Å². The Hall–Kier alpha value is -1.75. The summed E-state index contributed by atoms with van der Waals surface area (Å²) in [4.78, 5) is 2.58. The molecule has 0 heterocycles. The average molecular weight is 236 g/mol. The van der Waals surface area contributed by atoms with Crippen LogP contribution in [0.2, 0.25) is 0 Å². The van der Waals surface area contributed by atoms with Gasteiger partial charge in [-0.25, -0.2) is 0 Å². The highest BCUT2D eigenvalue weighted by molar-refractivity contribution is 5.52. The number of hydrogen-bond donors (Lipinski definition) is 3. The SMILES string of the molecule is Cc1cccc(N)c1C(O)C(O)CCN=[N+]=[N-]. The second-order valence-electron chi connectivity index (χ2n) is 3.83. The number of benzene rings is 1. The van der Waals surface area contributed by atoms with Crippen molar-refractivity contribution in [2.24, 2.45) is 5.11 Å². The fourth-order valence-electron chi connectivity index (χ4n) is 1.69. The highest BCUT2D eigenvalue weighted by Gasteiger charge is 2.21. The molecular formula is C11H16N4O2. The van der Waals surface area contributed by atoms with Crippen molar-refractivity contribution in [1.82, 2.24) is 0 Å². The van der Waals surface area contributed by atoms with E-state index in [-0.39, 0.29) is 13.0 Å². The second-order valence-corrected chi connectivity index (χ2v) is 3.83. The molecule has 6 nitrogen and oxygen atoms in total. The third-order valence-electron chi connectivity index (χ3n) is 2.61. The van der Waals surface area contributed by atoms with Crippen LogP contribution in [-0.2, 0) is 0 Å². The van der Waals surface area contributed by atoms with E-state index in [1.54, 1.807) is 12.1 Å². The van der Waals surface area contributed by atoms with Gasteiger partial charge in [-0.15, -0.1) is 0 Å². The van der Waals surface area contributed by atoms with E-state index in [9.17, 15) is 10.2 Å². The van der Waals surface area contributed by atoms with Crippen molar-refractivity contribution >= 4 is 5.69 Å². The Morgan fingerprint density at radius 2 is 2.18 bits per heavy atom. The van der Waals surface area contributed by atoms with Crippen molar-refractivity contribution in [3.8, 4) is 0 Å². The van der Waals surface area contributed by atoms with Gasteiger partial charge in [0.25, 0.3) is 0 Å². The number of nitrogens with zero attached hydrogens (tertiary/aromatic N) is 3. The van der Waals surface area contributed by atoms with Gasteiger partial charge in [0.05, 0.1) is 6.10 Å². The van der Waals surface area contributed by atoms with Crippen molar-refractivity contribution in [2.75, 3.05) is 12.3 Å². The molecule has 2 atom stereocenters. The first-order valence-corrected chi connectivity index (χ1v) is 5.30. The molecule has 1 rings (SSSR count). The maximum atomic E-state index is 9.99. The summed E-state index contributed by atoms with van der Waals surface area (Å²) < 4.78 is 0.